The van der Waals surface area contributed by atoms with Gasteiger partial charge in [-0.2, -0.15) is 0 Å². The number of amides is 2. The highest BCUT2D eigenvalue weighted by molar-refractivity contribution is 14.0. The zero-order valence-electron chi connectivity index (χ0n) is 15.6. The molecule has 1 unspecified atom stereocenters. The molecule has 0 saturated carbocycles. The van der Waals surface area contributed by atoms with Crippen molar-refractivity contribution in [3.05, 3.63) is 28.7 Å². The maximum Gasteiger partial charge on any atom is 0.226 e. The van der Waals surface area contributed by atoms with Gasteiger partial charge in [-0.05, 0) is 30.7 Å². The van der Waals surface area contributed by atoms with Crippen LogP contribution in [0.25, 0.3) is 0 Å². The predicted molar refractivity (Wildman–Crippen MR) is 123 cm³/mol. The quantitative estimate of drug-likeness (QED) is 0.288. The summed E-state index contributed by atoms with van der Waals surface area (Å²) in [6.07, 6.45) is 1.77. The molecule has 1 aliphatic heterocycles. The van der Waals surface area contributed by atoms with E-state index in [2.05, 4.69) is 36.9 Å². The summed E-state index contributed by atoms with van der Waals surface area (Å²) < 4.78 is 0.971. The van der Waals surface area contributed by atoms with E-state index in [1.165, 1.54) is 0 Å². The Morgan fingerprint density at radius 1 is 1.30 bits per heavy atom. The van der Waals surface area contributed by atoms with Gasteiger partial charge in [0.15, 0.2) is 5.96 Å². The first-order valence-electron chi connectivity index (χ1n) is 8.82. The summed E-state index contributed by atoms with van der Waals surface area (Å²) in [6, 6.07) is 7.65. The summed E-state index contributed by atoms with van der Waals surface area (Å²) in [6.45, 7) is 3.82. The molecule has 1 aliphatic rings. The Hall–Kier alpha value is -1.36. The standard InChI is InChI=1S/C18H26BrN5O2.HI/c1-3-17(26)24-11-9-15(12-24)23-18(20-2)21-10-8-16(25)22-14-6-4-13(19)5-7-14;/h4-7,15H,3,8-12H2,1-2H3,(H,22,25)(H2,20,21,23);1H. The number of carbonyl (C=O) groups is 2. The van der Waals surface area contributed by atoms with Gasteiger partial charge in [0, 0.05) is 55.7 Å². The normalized spacial score (nSPS) is 16.5. The number of likely N-dealkylation sites (tertiary alicyclic amines) is 1. The van der Waals surface area contributed by atoms with Crippen molar-refractivity contribution in [1.29, 1.82) is 0 Å². The van der Waals surface area contributed by atoms with Crippen LogP contribution in [0.1, 0.15) is 26.2 Å². The van der Waals surface area contributed by atoms with Gasteiger partial charge in [0.2, 0.25) is 11.8 Å². The smallest absolute Gasteiger partial charge is 0.226 e. The molecule has 1 heterocycles. The molecule has 3 N–H and O–H groups in total. The van der Waals surface area contributed by atoms with Crippen molar-refractivity contribution >= 4 is 63.4 Å². The van der Waals surface area contributed by atoms with Crippen LogP contribution in [-0.4, -0.2) is 55.4 Å². The van der Waals surface area contributed by atoms with Crippen molar-refractivity contribution in [2.24, 2.45) is 4.99 Å². The van der Waals surface area contributed by atoms with E-state index in [9.17, 15) is 9.59 Å². The maximum absolute atomic E-state index is 12.0. The summed E-state index contributed by atoms with van der Waals surface area (Å²) >= 11 is 3.36. The van der Waals surface area contributed by atoms with Gasteiger partial charge in [0.1, 0.15) is 0 Å². The summed E-state index contributed by atoms with van der Waals surface area (Å²) in [5, 5.41) is 9.31. The first kappa shape index (κ1) is 23.7. The molecule has 9 heteroatoms. The average molecular weight is 552 g/mol. The third kappa shape index (κ3) is 8.04. The molecule has 0 aromatic heterocycles. The summed E-state index contributed by atoms with van der Waals surface area (Å²) in [4.78, 5) is 29.8. The number of nitrogens with one attached hydrogen (secondary N) is 3. The highest BCUT2D eigenvalue weighted by Crippen LogP contribution is 2.14. The number of rotatable bonds is 6. The van der Waals surface area contributed by atoms with E-state index in [-0.39, 0.29) is 41.8 Å². The number of aliphatic imine (C=N–C) groups is 1. The lowest BCUT2D eigenvalue weighted by Crippen LogP contribution is -2.45. The monoisotopic (exact) mass is 551 g/mol. The van der Waals surface area contributed by atoms with Gasteiger partial charge in [-0.1, -0.05) is 22.9 Å². The molecule has 1 saturated heterocycles. The lowest BCUT2D eigenvalue weighted by atomic mass is 10.3. The summed E-state index contributed by atoms with van der Waals surface area (Å²) in [7, 11) is 1.70. The predicted octanol–water partition coefficient (Wildman–Crippen LogP) is 2.57. The second-order valence-corrected chi connectivity index (χ2v) is 7.04. The van der Waals surface area contributed by atoms with E-state index < -0.39 is 0 Å². The molecule has 0 radical (unpaired) electrons. The molecular weight excluding hydrogens is 525 g/mol. The van der Waals surface area contributed by atoms with Crippen LogP contribution in [0.2, 0.25) is 0 Å². The van der Waals surface area contributed by atoms with E-state index >= 15 is 0 Å². The van der Waals surface area contributed by atoms with Crippen LogP contribution in [0.4, 0.5) is 5.69 Å². The Morgan fingerprint density at radius 2 is 2.00 bits per heavy atom. The third-order valence-corrected chi connectivity index (χ3v) is 4.71. The molecule has 2 amide bonds. The Bertz CT molecular complexity index is 654. The van der Waals surface area contributed by atoms with Crippen LogP contribution < -0.4 is 16.0 Å². The number of hydrogen-bond donors (Lipinski definition) is 3. The fraction of sp³-hybridized carbons (Fsp3) is 0.500. The molecule has 1 aromatic carbocycles. The number of nitrogens with zero attached hydrogens (tertiary/aromatic N) is 2. The number of anilines is 1. The fourth-order valence-electron chi connectivity index (χ4n) is 2.77. The molecule has 0 aliphatic carbocycles. The van der Waals surface area contributed by atoms with Crippen LogP contribution in [0.3, 0.4) is 0 Å². The van der Waals surface area contributed by atoms with Crippen molar-refractivity contribution in [3.8, 4) is 0 Å². The molecule has 27 heavy (non-hydrogen) atoms. The van der Waals surface area contributed by atoms with Crippen LogP contribution in [0.15, 0.2) is 33.7 Å². The molecule has 0 spiro atoms. The first-order valence-corrected chi connectivity index (χ1v) is 9.61. The minimum Gasteiger partial charge on any atom is -0.356 e. The third-order valence-electron chi connectivity index (χ3n) is 4.18. The molecule has 2 rings (SSSR count). The first-order chi connectivity index (χ1) is 12.5. The van der Waals surface area contributed by atoms with Gasteiger partial charge in [-0.3, -0.25) is 14.6 Å². The zero-order chi connectivity index (χ0) is 18.9. The Labute approximate surface area is 185 Å². The molecule has 1 fully saturated rings. The summed E-state index contributed by atoms with van der Waals surface area (Å²) in [5.74, 6) is 0.773. The number of hydrogen-bond acceptors (Lipinski definition) is 3. The average Bonchev–Trinajstić information content (AvgIpc) is 3.10. The van der Waals surface area contributed by atoms with E-state index in [1.807, 2.05) is 36.1 Å². The SMILES string of the molecule is CCC(=O)N1CCC(NC(=NC)NCCC(=O)Nc2ccc(Br)cc2)C1.I. The highest BCUT2D eigenvalue weighted by atomic mass is 127. The van der Waals surface area contributed by atoms with Gasteiger partial charge in [-0.15, -0.1) is 24.0 Å². The van der Waals surface area contributed by atoms with E-state index in [0.29, 0.717) is 31.9 Å². The molecule has 1 aromatic rings. The van der Waals surface area contributed by atoms with Crippen LogP contribution in [-0.2, 0) is 9.59 Å². The minimum absolute atomic E-state index is 0. The van der Waals surface area contributed by atoms with Crippen molar-refractivity contribution in [2.75, 3.05) is 32.0 Å². The van der Waals surface area contributed by atoms with Crippen molar-refractivity contribution in [2.45, 2.75) is 32.2 Å². The van der Waals surface area contributed by atoms with Gasteiger partial charge in [-0.25, -0.2) is 0 Å². The van der Waals surface area contributed by atoms with Crippen molar-refractivity contribution in [3.63, 3.8) is 0 Å². The molecular formula is C18H27BrIN5O2. The van der Waals surface area contributed by atoms with Crippen LogP contribution in [0.5, 0.6) is 0 Å². The van der Waals surface area contributed by atoms with Crippen LogP contribution in [0, 0.1) is 0 Å². The fourth-order valence-corrected chi connectivity index (χ4v) is 3.03. The lowest BCUT2D eigenvalue weighted by Gasteiger charge is -2.18. The van der Waals surface area contributed by atoms with E-state index in [4.69, 9.17) is 0 Å². The highest BCUT2D eigenvalue weighted by Gasteiger charge is 2.25. The van der Waals surface area contributed by atoms with Gasteiger partial charge in [0.25, 0.3) is 0 Å². The second kappa shape index (κ2) is 12.2. The Kier molecular flexibility index (Phi) is 10.7. The molecule has 0 bridgehead atoms. The number of carbonyl (C=O) groups excluding carboxylic acids is 2. The minimum atomic E-state index is -0.0594. The van der Waals surface area contributed by atoms with E-state index in [1.54, 1.807) is 7.05 Å². The molecule has 1 atom stereocenters. The van der Waals surface area contributed by atoms with Gasteiger partial charge < -0.3 is 20.9 Å². The summed E-state index contributed by atoms with van der Waals surface area (Å²) in [5.41, 5.74) is 0.771. The molecule has 7 nitrogen and oxygen atoms in total. The Morgan fingerprint density at radius 3 is 2.63 bits per heavy atom. The van der Waals surface area contributed by atoms with Crippen LogP contribution >= 0.6 is 39.9 Å². The number of benzene rings is 1. The van der Waals surface area contributed by atoms with Gasteiger partial charge in [0.05, 0.1) is 0 Å². The lowest BCUT2D eigenvalue weighted by molar-refractivity contribution is -0.129. The van der Waals surface area contributed by atoms with Crippen molar-refractivity contribution < 1.29 is 9.59 Å². The van der Waals surface area contributed by atoms with Crippen molar-refractivity contribution in [1.82, 2.24) is 15.5 Å². The van der Waals surface area contributed by atoms with Gasteiger partial charge >= 0.3 is 0 Å². The van der Waals surface area contributed by atoms with E-state index in [0.717, 1.165) is 23.1 Å². The maximum atomic E-state index is 12.0. The topological polar surface area (TPSA) is 85.8 Å². The number of halogens is 2. The molecule has 150 valence electrons. The number of guanidine groups is 1. The second-order valence-electron chi connectivity index (χ2n) is 6.13. The Balaban J connectivity index is 0.00000364. The zero-order valence-corrected chi connectivity index (χ0v) is 19.5. The largest absolute Gasteiger partial charge is 0.356 e.